The lowest BCUT2D eigenvalue weighted by molar-refractivity contribution is 0.0703. The number of hydrogen-bond donors (Lipinski definition) is 1. The molecule has 1 heterocycles. The Morgan fingerprint density at radius 3 is 2.75 bits per heavy atom. The van der Waals surface area contributed by atoms with Crippen LogP contribution in [-0.2, 0) is 0 Å². The number of aliphatic hydroxyl groups excluding tert-OH is 1. The first-order valence-corrected chi connectivity index (χ1v) is 5.29. The summed E-state index contributed by atoms with van der Waals surface area (Å²) in [6, 6.07) is 1.35. The van der Waals surface area contributed by atoms with E-state index >= 15 is 0 Å². The van der Waals surface area contributed by atoms with E-state index in [1.165, 1.54) is 11.0 Å². The molecular formula is C9H11Cl2N3O2. The monoisotopic (exact) mass is 263 g/mol. The van der Waals surface area contributed by atoms with Crippen molar-refractivity contribution in [2.45, 2.75) is 13.0 Å². The Morgan fingerprint density at radius 2 is 2.19 bits per heavy atom. The average molecular weight is 264 g/mol. The van der Waals surface area contributed by atoms with Crippen LogP contribution >= 0.6 is 23.2 Å². The van der Waals surface area contributed by atoms with Crippen molar-refractivity contribution >= 4 is 29.1 Å². The summed E-state index contributed by atoms with van der Waals surface area (Å²) in [5, 5.41) is 16.3. The number of likely N-dealkylation sites (N-methyl/N-ethyl adjacent to an activating group) is 1. The molecule has 0 saturated heterocycles. The third kappa shape index (κ3) is 3.30. The standard InChI is InChI=1S/C9H11Cl2N3O2/c1-5(15)4-14(2)9(16)6-3-7(10)12-13-8(6)11/h3,5,15H,4H2,1-2H3. The van der Waals surface area contributed by atoms with Gasteiger partial charge in [-0.3, -0.25) is 4.79 Å². The summed E-state index contributed by atoms with van der Waals surface area (Å²) in [5.41, 5.74) is 0.171. The zero-order valence-corrected chi connectivity index (χ0v) is 10.3. The van der Waals surface area contributed by atoms with Gasteiger partial charge in [0.15, 0.2) is 10.3 Å². The second-order valence-electron chi connectivity index (χ2n) is 3.41. The van der Waals surface area contributed by atoms with Crippen molar-refractivity contribution in [2.24, 2.45) is 0 Å². The van der Waals surface area contributed by atoms with Gasteiger partial charge in [0.1, 0.15) is 0 Å². The van der Waals surface area contributed by atoms with Crippen LogP contribution in [0.4, 0.5) is 0 Å². The summed E-state index contributed by atoms with van der Waals surface area (Å²) in [6.45, 7) is 1.79. The van der Waals surface area contributed by atoms with Crippen LogP contribution in [-0.4, -0.2) is 45.8 Å². The SMILES string of the molecule is CC(O)CN(C)C(=O)c1cc(Cl)nnc1Cl. The summed E-state index contributed by atoms with van der Waals surface area (Å²) < 4.78 is 0. The molecule has 7 heteroatoms. The van der Waals surface area contributed by atoms with Gasteiger partial charge in [-0.25, -0.2) is 0 Å². The van der Waals surface area contributed by atoms with E-state index in [0.29, 0.717) is 0 Å². The van der Waals surface area contributed by atoms with Crippen molar-refractivity contribution in [1.82, 2.24) is 15.1 Å². The first kappa shape index (κ1) is 13.2. The van der Waals surface area contributed by atoms with Gasteiger partial charge in [-0.2, -0.15) is 0 Å². The van der Waals surface area contributed by atoms with Crippen LogP contribution in [0.15, 0.2) is 6.07 Å². The Bertz CT molecular complexity index is 398. The normalized spacial score (nSPS) is 12.3. The molecule has 0 bridgehead atoms. The summed E-state index contributed by atoms with van der Waals surface area (Å²) in [4.78, 5) is 13.2. The molecule has 1 aromatic heterocycles. The quantitative estimate of drug-likeness (QED) is 0.891. The molecule has 1 N–H and O–H groups in total. The third-order valence-corrected chi connectivity index (χ3v) is 2.30. The van der Waals surface area contributed by atoms with Crippen molar-refractivity contribution in [3.63, 3.8) is 0 Å². The van der Waals surface area contributed by atoms with Crippen LogP contribution in [0.3, 0.4) is 0 Å². The summed E-state index contributed by atoms with van der Waals surface area (Å²) in [5.74, 6) is -0.359. The minimum absolute atomic E-state index is 0.00755. The number of hydrogen-bond acceptors (Lipinski definition) is 4. The van der Waals surface area contributed by atoms with Gasteiger partial charge < -0.3 is 10.0 Å². The largest absolute Gasteiger partial charge is 0.392 e. The van der Waals surface area contributed by atoms with Crippen molar-refractivity contribution < 1.29 is 9.90 Å². The van der Waals surface area contributed by atoms with E-state index in [4.69, 9.17) is 28.3 Å². The highest BCUT2D eigenvalue weighted by atomic mass is 35.5. The zero-order valence-electron chi connectivity index (χ0n) is 8.81. The van der Waals surface area contributed by atoms with Gasteiger partial charge in [0.05, 0.1) is 11.7 Å². The molecule has 88 valence electrons. The molecule has 0 aliphatic heterocycles. The minimum atomic E-state index is -0.613. The summed E-state index contributed by atoms with van der Waals surface area (Å²) >= 11 is 11.3. The van der Waals surface area contributed by atoms with Gasteiger partial charge in [-0.05, 0) is 13.0 Å². The topological polar surface area (TPSA) is 66.3 Å². The average Bonchev–Trinajstić information content (AvgIpc) is 2.19. The molecule has 0 aliphatic carbocycles. The highest BCUT2D eigenvalue weighted by molar-refractivity contribution is 6.34. The van der Waals surface area contributed by atoms with E-state index in [1.807, 2.05) is 0 Å². The Balaban J connectivity index is 2.91. The molecule has 1 unspecified atom stereocenters. The van der Waals surface area contributed by atoms with Crippen molar-refractivity contribution in [3.8, 4) is 0 Å². The first-order chi connectivity index (χ1) is 7.41. The van der Waals surface area contributed by atoms with E-state index < -0.39 is 6.10 Å². The molecule has 0 aromatic carbocycles. The summed E-state index contributed by atoms with van der Waals surface area (Å²) in [6.07, 6.45) is -0.613. The number of aliphatic hydroxyl groups is 1. The molecule has 1 amide bonds. The fourth-order valence-electron chi connectivity index (χ4n) is 1.19. The zero-order chi connectivity index (χ0) is 12.3. The van der Waals surface area contributed by atoms with E-state index in [2.05, 4.69) is 10.2 Å². The van der Waals surface area contributed by atoms with Crippen LogP contribution in [0.1, 0.15) is 17.3 Å². The van der Waals surface area contributed by atoms with Gasteiger partial charge in [0.2, 0.25) is 0 Å². The fraction of sp³-hybridized carbons (Fsp3) is 0.444. The summed E-state index contributed by atoms with van der Waals surface area (Å²) in [7, 11) is 1.56. The van der Waals surface area contributed by atoms with Gasteiger partial charge in [0.25, 0.3) is 5.91 Å². The maximum Gasteiger partial charge on any atom is 0.256 e. The van der Waals surface area contributed by atoms with Crippen LogP contribution in [0.25, 0.3) is 0 Å². The van der Waals surface area contributed by atoms with E-state index in [9.17, 15) is 4.79 Å². The molecular weight excluding hydrogens is 253 g/mol. The lowest BCUT2D eigenvalue weighted by atomic mass is 10.2. The number of nitrogens with zero attached hydrogens (tertiary/aromatic N) is 3. The number of aromatic nitrogens is 2. The van der Waals surface area contributed by atoms with Gasteiger partial charge in [0, 0.05) is 13.6 Å². The van der Waals surface area contributed by atoms with Crippen LogP contribution in [0.2, 0.25) is 10.3 Å². The van der Waals surface area contributed by atoms with Gasteiger partial charge in [-0.1, -0.05) is 23.2 Å². The molecule has 0 spiro atoms. The van der Waals surface area contributed by atoms with E-state index in [0.717, 1.165) is 0 Å². The highest BCUT2D eigenvalue weighted by Crippen LogP contribution is 2.17. The smallest absolute Gasteiger partial charge is 0.256 e. The number of amides is 1. The van der Waals surface area contributed by atoms with E-state index in [-0.39, 0.29) is 28.3 Å². The molecule has 16 heavy (non-hydrogen) atoms. The molecule has 1 rings (SSSR count). The van der Waals surface area contributed by atoms with Gasteiger partial charge in [-0.15, -0.1) is 10.2 Å². The first-order valence-electron chi connectivity index (χ1n) is 4.54. The Hall–Kier alpha value is -0.910. The van der Waals surface area contributed by atoms with Crippen LogP contribution < -0.4 is 0 Å². The number of carbonyl (C=O) groups excluding carboxylic acids is 1. The van der Waals surface area contributed by atoms with Crippen LogP contribution in [0, 0.1) is 0 Å². The molecule has 5 nitrogen and oxygen atoms in total. The van der Waals surface area contributed by atoms with E-state index in [1.54, 1.807) is 14.0 Å². The molecule has 0 radical (unpaired) electrons. The molecule has 1 atom stereocenters. The predicted molar refractivity (Wildman–Crippen MR) is 60.7 cm³/mol. The predicted octanol–water partition coefficient (Wildman–Crippen LogP) is 1.24. The lowest BCUT2D eigenvalue weighted by Crippen LogP contribution is -2.33. The lowest BCUT2D eigenvalue weighted by Gasteiger charge is -2.18. The molecule has 0 saturated carbocycles. The fourth-order valence-corrected chi connectivity index (χ4v) is 1.51. The Kier molecular flexibility index (Phi) is 4.46. The highest BCUT2D eigenvalue weighted by Gasteiger charge is 2.18. The van der Waals surface area contributed by atoms with Gasteiger partial charge >= 0.3 is 0 Å². The molecule has 0 fully saturated rings. The maximum absolute atomic E-state index is 11.9. The Labute approximate surface area is 103 Å². The second-order valence-corrected chi connectivity index (χ2v) is 4.15. The third-order valence-electron chi connectivity index (χ3n) is 1.83. The van der Waals surface area contributed by atoms with Crippen LogP contribution in [0.5, 0.6) is 0 Å². The maximum atomic E-state index is 11.9. The number of carbonyl (C=O) groups is 1. The Morgan fingerprint density at radius 1 is 1.56 bits per heavy atom. The van der Waals surface area contributed by atoms with Crippen molar-refractivity contribution in [3.05, 3.63) is 21.9 Å². The minimum Gasteiger partial charge on any atom is -0.392 e. The van der Waals surface area contributed by atoms with Crippen molar-refractivity contribution in [2.75, 3.05) is 13.6 Å². The number of rotatable bonds is 3. The second kappa shape index (κ2) is 5.43. The van der Waals surface area contributed by atoms with Crippen molar-refractivity contribution in [1.29, 1.82) is 0 Å². The molecule has 1 aromatic rings. The number of halogens is 2. The molecule has 0 aliphatic rings.